The Morgan fingerprint density at radius 1 is 1.33 bits per heavy atom. The van der Waals surface area contributed by atoms with Gasteiger partial charge in [-0.3, -0.25) is 0 Å². The third-order valence-corrected chi connectivity index (χ3v) is 5.38. The summed E-state index contributed by atoms with van der Waals surface area (Å²) in [6.45, 7) is 5.55. The Morgan fingerprint density at radius 3 is 2.43 bits per heavy atom. The Morgan fingerprint density at radius 2 is 1.95 bits per heavy atom. The minimum atomic E-state index is -3.90. The lowest BCUT2D eigenvalue weighted by atomic mass is 10.1. The maximum atomic E-state index is 13.8. The number of benzene rings is 1. The zero-order valence-electron chi connectivity index (χ0n) is 12.4. The molecule has 0 aliphatic rings. The molecule has 21 heavy (non-hydrogen) atoms. The van der Waals surface area contributed by atoms with Crippen LogP contribution in [-0.2, 0) is 10.0 Å². The summed E-state index contributed by atoms with van der Waals surface area (Å²) in [5.74, 6) is -2.19. The van der Waals surface area contributed by atoms with Gasteiger partial charge in [-0.15, -0.1) is 0 Å². The van der Waals surface area contributed by atoms with E-state index in [1.54, 1.807) is 6.92 Å². The number of carbonyl (C=O) groups is 1. The van der Waals surface area contributed by atoms with E-state index >= 15 is 0 Å². The molecule has 1 aromatic carbocycles. The second-order valence-electron chi connectivity index (χ2n) is 4.74. The van der Waals surface area contributed by atoms with E-state index in [0.717, 1.165) is 18.6 Å². The van der Waals surface area contributed by atoms with E-state index in [0.29, 0.717) is 13.0 Å². The van der Waals surface area contributed by atoms with Crippen LogP contribution in [0.2, 0.25) is 0 Å². The van der Waals surface area contributed by atoms with Crippen molar-refractivity contribution < 1.29 is 22.7 Å². The van der Waals surface area contributed by atoms with Crippen molar-refractivity contribution in [2.45, 2.75) is 38.5 Å². The van der Waals surface area contributed by atoms with Gasteiger partial charge in [0.25, 0.3) is 0 Å². The van der Waals surface area contributed by atoms with Crippen molar-refractivity contribution in [2.24, 2.45) is 0 Å². The molecule has 0 aliphatic carbocycles. The predicted molar refractivity (Wildman–Crippen MR) is 77.4 cm³/mol. The molecule has 1 aromatic rings. The van der Waals surface area contributed by atoms with Crippen LogP contribution in [0, 0.1) is 12.7 Å². The summed E-state index contributed by atoms with van der Waals surface area (Å²) < 4.78 is 40.2. The maximum absolute atomic E-state index is 13.8. The van der Waals surface area contributed by atoms with Crippen LogP contribution in [0.4, 0.5) is 4.39 Å². The molecule has 0 unspecified atom stereocenters. The highest BCUT2D eigenvalue weighted by molar-refractivity contribution is 7.89. The van der Waals surface area contributed by atoms with Crippen molar-refractivity contribution in [2.75, 3.05) is 13.1 Å². The number of hydrogen-bond donors (Lipinski definition) is 1. The van der Waals surface area contributed by atoms with Crippen molar-refractivity contribution in [3.8, 4) is 0 Å². The molecule has 0 atom stereocenters. The van der Waals surface area contributed by atoms with Gasteiger partial charge in [-0.05, 0) is 25.5 Å². The lowest BCUT2D eigenvalue weighted by molar-refractivity contribution is 0.0696. The summed E-state index contributed by atoms with van der Waals surface area (Å²) in [6, 6.07) is 1.85. The fourth-order valence-electron chi connectivity index (χ4n) is 1.97. The summed E-state index contributed by atoms with van der Waals surface area (Å²) in [5, 5.41) is 8.95. The van der Waals surface area contributed by atoms with Crippen molar-refractivity contribution in [1.29, 1.82) is 0 Å². The van der Waals surface area contributed by atoms with E-state index in [4.69, 9.17) is 5.11 Å². The maximum Gasteiger partial charge on any atom is 0.335 e. The first-order valence-corrected chi connectivity index (χ1v) is 8.23. The normalized spacial score (nSPS) is 11.9. The molecular weight excluding hydrogens is 297 g/mol. The smallest absolute Gasteiger partial charge is 0.335 e. The quantitative estimate of drug-likeness (QED) is 0.839. The number of aromatic carboxylic acids is 1. The Labute approximate surface area is 124 Å². The largest absolute Gasteiger partial charge is 0.478 e. The Balaban J connectivity index is 3.39. The number of nitrogens with zero attached hydrogens (tertiary/aromatic N) is 1. The molecule has 0 saturated heterocycles. The van der Waals surface area contributed by atoms with Crippen molar-refractivity contribution in [3.05, 3.63) is 29.1 Å². The number of unbranched alkanes of at least 4 members (excludes halogenated alkanes) is 1. The molecule has 0 aliphatic heterocycles. The minimum Gasteiger partial charge on any atom is -0.478 e. The monoisotopic (exact) mass is 317 g/mol. The van der Waals surface area contributed by atoms with Crippen molar-refractivity contribution >= 4 is 16.0 Å². The van der Waals surface area contributed by atoms with Crippen molar-refractivity contribution in [3.63, 3.8) is 0 Å². The van der Waals surface area contributed by atoms with Gasteiger partial charge in [-0.1, -0.05) is 20.3 Å². The summed E-state index contributed by atoms with van der Waals surface area (Å²) in [7, 11) is -3.90. The molecule has 118 valence electrons. The van der Waals surface area contributed by atoms with Gasteiger partial charge < -0.3 is 5.11 Å². The lowest BCUT2D eigenvalue weighted by Gasteiger charge is -2.21. The molecule has 5 nitrogen and oxygen atoms in total. The molecule has 0 heterocycles. The van der Waals surface area contributed by atoms with Crippen LogP contribution < -0.4 is 0 Å². The van der Waals surface area contributed by atoms with Gasteiger partial charge in [0.2, 0.25) is 10.0 Å². The predicted octanol–water partition coefficient (Wildman–Crippen LogP) is 2.64. The average molecular weight is 317 g/mol. The number of carboxylic acid groups (broad SMARTS) is 1. The van der Waals surface area contributed by atoms with E-state index in [1.807, 2.05) is 6.92 Å². The summed E-state index contributed by atoms with van der Waals surface area (Å²) in [5.41, 5.74) is -0.432. The highest BCUT2D eigenvalue weighted by Crippen LogP contribution is 2.24. The Hall–Kier alpha value is -1.47. The minimum absolute atomic E-state index is 0.0602. The summed E-state index contributed by atoms with van der Waals surface area (Å²) in [4.78, 5) is 10.7. The van der Waals surface area contributed by atoms with E-state index in [9.17, 15) is 17.6 Å². The molecule has 0 aromatic heterocycles. The van der Waals surface area contributed by atoms with Gasteiger partial charge in [0.1, 0.15) is 5.82 Å². The second-order valence-corrected chi connectivity index (χ2v) is 6.64. The van der Waals surface area contributed by atoms with Crippen LogP contribution in [0.3, 0.4) is 0 Å². The first-order chi connectivity index (χ1) is 9.75. The zero-order chi connectivity index (χ0) is 16.2. The van der Waals surface area contributed by atoms with Gasteiger partial charge in [0, 0.05) is 18.7 Å². The molecule has 0 bridgehead atoms. The van der Waals surface area contributed by atoms with Gasteiger partial charge in [0.05, 0.1) is 10.5 Å². The van der Waals surface area contributed by atoms with Gasteiger partial charge in [0.15, 0.2) is 0 Å². The van der Waals surface area contributed by atoms with E-state index in [2.05, 4.69) is 0 Å². The molecule has 1 N–H and O–H groups in total. The Kier molecular flexibility index (Phi) is 5.86. The molecule has 0 spiro atoms. The van der Waals surface area contributed by atoms with Crippen LogP contribution in [0.5, 0.6) is 0 Å². The lowest BCUT2D eigenvalue weighted by Crippen LogP contribution is -2.32. The number of hydrogen-bond acceptors (Lipinski definition) is 3. The van der Waals surface area contributed by atoms with Crippen LogP contribution >= 0.6 is 0 Å². The number of carboxylic acids is 1. The molecule has 0 radical (unpaired) electrons. The fraction of sp³-hybridized carbons (Fsp3) is 0.500. The summed E-state index contributed by atoms with van der Waals surface area (Å²) in [6.07, 6.45) is 1.52. The molecular formula is C14H20FNO4S. The van der Waals surface area contributed by atoms with Gasteiger partial charge in [-0.2, -0.15) is 4.31 Å². The third-order valence-electron chi connectivity index (χ3n) is 3.28. The molecule has 0 saturated carbocycles. The fourth-order valence-corrected chi connectivity index (χ4v) is 3.71. The van der Waals surface area contributed by atoms with Gasteiger partial charge >= 0.3 is 5.97 Å². The Bertz CT molecular complexity index is 628. The highest BCUT2D eigenvalue weighted by atomic mass is 32.2. The van der Waals surface area contributed by atoms with Crippen LogP contribution in [0.1, 0.15) is 42.6 Å². The second kappa shape index (κ2) is 7.00. The van der Waals surface area contributed by atoms with Crippen LogP contribution in [0.25, 0.3) is 0 Å². The number of rotatable bonds is 7. The van der Waals surface area contributed by atoms with E-state index < -0.39 is 21.8 Å². The van der Waals surface area contributed by atoms with E-state index in [-0.39, 0.29) is 22.6 Å². The van der Waals surface area contributed by atoms with Crippen LogP contribution in [-0.4, -0.2) is 36.9 Å². The standard InChI is InChI=1S/C14H20FNO4S/c1-4-6-7-16(5-2)21(19,20)13-9-11(14(17)18)8-12(15)10(13)3/h8-9H,4-7H2,1-3H3,(H,17,18). The molecule has 1 rings (SSSR count). The number of halogens is 1. The first kappa shape index (κ1) is 17.6. The highest BCUT2D eigenvalue weighted by Gasteiger charge is 2.27. The first-order valence-electron chi connectivity index (χ1n) is 6.79. The van der Waals surface area contributed by atoms with Crippen LogP contribution in [0.15, 0.2) is 17.0 Å². The number of sulfonamides is 1. The molecule has 0 fully saturated rings. The third kappa shape index (κ3) is 3.79. The van der Waals surface area contributed by atoms with E-state index in [1.165, 1.54) is 11.2 Å². The van der Waals surface area contributed by atoms with Crippen molar-refractivity contribution in [1.82, 2.24) is 4.31 Å². The summed E-state index contributed by atoms with van der Waals surface area (Å²) >= 11 is 0. The average Bonchev–Trinajstić information content (AvgIpc) is 2.41. The van der Waals surface area contributed by atoms with Gasteiger partial charge in [-0.25, -0.2) is 17.6 Å². The molecule has 7 heteroatoms. The zero-order valence-corrected chi connectivity index (χ0v) is 13.2. The topological polar surface area (TPSA) is 74.7 Å². The molecule has 0 amide bonds. The SMILES string of the molecule is CCCCN(CC)S(=O)(=O)c1cc(C(=O)O)cc(F)c1C.